The van der Waals surface area contributed by atoms with Crippen LogP contribution in [-0.2, 0) is 12.0 Å². The van der Waals surface area contributed by atoms with Gasteiger partial charge in [-0.3, -0.25) is 4.79 Å². The van der Waals surface area contributed by atoms with E-state index in [1.165, 1.54) is 40.8 Å². The van der Waals surface area contributed by atoms with E-state index in [0.717, 1.165) is 11.3 Å². The number of aromatic nitrogens is 4. The summed E-state index contributed by atoms with van der Waals surface area (Å²) < 4.78 is 39.5. The second kappa shape index (κ2) is 10.6. The van der Waals surface area contributed by atoms with Crippen molar-refractivity contribution in [3.05, 3.63) is 93.8 Å². The monoisotopic (exact) mass is 576 g/mol. The first-order valence-electron chi connectivity index (χ1n) is 13.0. The third-order valence-corrected chi connectivity index (χ3v) is 8.00. The molecule has 1 amide bonds. The van der Waals surface area contributed by atoms with Crippen LogP contribution in [0.2, 0.25) is 0 Å². The van der Waals surface area contributed by atoms with Crippen LogP contribution in [0.1, 0.15) is 51.9 Å². The number of hydrogen-bond donors (Lipinski definition) is 1. The van der Waals surface area contributed by atoms with Crippen molar-refractivity contribution in [1.29, 1.82) is 0 Å². The zero-order valence-corrected chi connectivity index (χ0v) is 23.1. The van der Waals surface area contributed by atoms with Gasteiger partial charge in [-0.2, -0.15) is 0 Å². The van der Waals surface area contributed by atoms with E-state index in [2.05, 4.69) is 20.2 Å². The molecule has 1 fully saturated rings. The Balaban J connectivity index is 1.34. The molecule has 210 valence electrons. The van der Waals surface area contributed by atoms with E-state index in [0.29, 0.717) is 22.6 Å². The normalized spacial score (nSPS) is 18.5. The maximum Gasteiger partial charge on any atom is 0.254 e. The predicted octanol–water partition coefficient (Wildman–Crippen LogP) is 5.64. The fourth-order valence-corrected chi connectivity index (χ4v) is 5.89. The van der Waals surface area contributed by atoms with E-state index in [4.69, 9.17) is 14.6 Å². The molecule has 3 aromatic heterocycles. The molecule has 2 N–H and O–H groups in total. The highest BCUT2D eigenvalue weighted by Gasteiger charge is 2.39. The number of rotatable bonds is 7. The van der Waals surface area contributed by atoms with Crippen molar-refractivity contribution in [3.8, 4) is 22.9 Å². The average Bonchev–Trinajstić information content (AvgIpc) is 3.76. The van der Waals surface area contributed by atoms with E-state index < -0.39 is 17.8 Å². The molecule has 0 saturated carbocycles. The molecular formula is C29H26F2N6O3S. The lowest BCUT2D eigenvalue weighted by Gasteiger charge is -2.23. The van der Waals surface area contributed by atoms with Crippen LogP contribution in [-0.4, -0.2) is 43.7 Å². The summed E-state index contributed by atoms with van der Waals surface area (Å²) >= 11 is 1.41. The van der Waals surface area contributed by atoms with E-state index in [-0.39, 0.29) is 47.9 Å². The summed E-state index contributed by atoms with van der Waals surface area (Å²) in [7, 11) is 0. The molecule has 1 saturated heterocycles. The number of nitrogens with two attached hydrogens (primary N) is 1. The third-order valence-electron chi connectivity index (χ3n) is 6.94. The first-order valence-corrected chi connectivity index (χ1v) is 13.8. The Hall–Kier alpha value is -4.29. The Morgan fingerprint density at radius 1 is 1.17 bits per heavy atom. The van der Waals surface area contributed by atoms with Crippen molar-refractivity contribution in [2.75, 3.05) is 6.54 Å². The average molecular weight is 577 g/mol. The molecule has 0 aliphatic carbocycles. The van der Waals surface area contributed by atoms with E-state index in [1.807, 2.05) is 12.3 Å². The molecule has 0 spiro atoms. The fraction of sp³-hybridized carbons (Fsp3) is 0.276. The summed E-state index contributed by atoms with van der Waals surface area (Å²) in [5.41, 5.74) is 8.35. The number of halogens is 2. The van der Waals surface area contributed by atoms with Crippen molar-refractivity contribution >= 4 is 17.2 Å². The van der Waals surface area contributed by atoms with Gasteiger partial charge in [0.1, 0.15) is 23.3 Å². The number of thiazole rings is 1. The van der Waals surface area contributed by atoms with Gasteiger partial charge in [-0.25, -0.2) is 18.7 Å². The van der Waals surface area contributed by atoms with Gasteiger partial charge < -0.3 is 19.5 Å². The van der Waals surface area contributed by atoms with Crippen molar-refractivity contribution in [2.24, 2.45) is 5.73 Å². The zero-order valence-electron chi connectivity index (χ0n) is 22.3. The molecule has 1 aliphatic rings. The first-order chi connectivity index (χ1) is 19.7. The van der Waals surface area contributed by atoms with Gasteiger partial charge in [-0.05, 0) is 56.2 Å². The number of aryl methyl sites for hydroxylation is 1. The molecule has 0 unspecified atom stereocenters. The Kier molecular flexibility index (Phi) is 6.96. The highest BCUT2D eigenvalue weighted by Crippen LogP contribution is 2.37. The van der Waals surface area contributed by atoms with E-state index in [1.54, 1.807) is 37.3 Å². The van der Waals surface area contributed by atoms with Crippen LogP contribution >= 0.6 is 11.3 Å². The number of carbonyl (C=O) groups is 1. The number of likely N-dealkylation sites (tertiary alicyclic amines) is 1. The first kappa shape index (κ1) is 26.9. The Morgan fingerprint density at radius 2 is 1.93 bits per heavy atom. The molecular weight excluding hydrogens is 550 g/mol. The lowest BCUT2D eigenvalue weighted by molar-refractivity contribution is 0.0728. The molecule has 6 rings (SSSR count). The van der Waals surface area contributed by atoms with Crippen molar-refractivity contribution in [1.82, 2.24) is 25.1 Å². The van der Waals surface area contributed by atoms with Crippen LogP contribution in [0.25, 0.3) is 22.9 Å². The Bertz CT molecular complexity index is 1680. The maximum absolute atomic E-state index is 14.6. The van der Waals surface area contributed by atoms with E-state index >= 15 is 0 Å². The number of benzene rings is 2. The highest BCUT2D eigenvalue weighted by atomic mass is 32.1. The Morgan fingerprint density at radius 3 is 2.61 bits per heavy atom. The van der Waals surface area contributed by atoms with Crippen molar-refractivity contribution < 1.29 is 22.4 Å². The second-order valence-electron chi connectivity index (χ2n) is 10.4. The minimum absolute atomic E-state index is 0.0414. The smallest absolute Gasteiger partial charge is 0.254 e. The summed E-state index contributed by atoms with van der Waals surface area (Å²) in [6, 6.07) is 10.5. The van der Waals surface area contributed by atoms with E-state index in [9.17, 15) is 13.6 Å². The van der Waals surface area contributed by atoms with Crippen LogP contribution in [0.4, 0.5) is 8.78 Å². The maximum atomic E-state index is 14.6. The molecule has 0 bridgehead atoms. The van der Waals surface area contributed by atoms with Gasteiger partial charge in [0.2, 0.25) is 17.7 Å². The molecule has 5 aromatic rings. The molecule has 1 aliphatic heterocycles. The zero-order chi connectivity index (χ0) is 28.7. The van der Waals surface area contributed by atoms with Gasteiger partial charge >= 0.3 is 0 Å². The second-order valence-corrected chi connectivity index (χ2v) is 11.3. The summed E-state index contributed by atoms with van der Waals surface area (Å²) in [6.45, 7) is 3.57. The number of amides is 1. The summed E-state index contributed by atoms with van der Waals surface area (Å²) in [5, 5.41) is 11.0. The molecule has 0 radical (unpaired) electrons. The van der Waals surface area contributed by atoms with Crippen LogP contribution in [0.5, 0.6) is 0 Å². The van der Waals surface area contributed by atoms with Crippen molar-refractivity contribution in [2.45, 2.75) is 44.4 Å². The number of alkyl halides is 1. The number of hydrogen-bond acceptors (Lipinski definition) is 9. The van der Waals surface area contributed by atoms with Gasteiger partial charge in [0.15, 0.2) is 0 Å². The molecule has 4 heterocycles. The molecule has 9 nitrogen and oxygen atoms in total. The molecule has 12 heteroatoms. The largest absolute Gasteiger partial charge is 0.445 e. The van der Waals surface area contributed by atoms with Crippen LogP contribution in [0.15, 0.2) is 69.1 Å². The van der Waals surface area contributed by atoms with Gasteiger partial charge in [0, 0.05) is 34.2 Å². The topological polar surface area (TPSA) is 124 Å². The van der Waals surface area contributed by atoms with Crippen LogP contribution in [0.3, 0.4) is 0 Å². The van der Waals surface area contributed by atoms with Crippen molar-refractivity contribution in [3.63, 3.8) is 0 Å². The summed E-state index contributed by atoms with van der Waals surface area (Å²) in [6.07, 6.45) is 2.27. The number of nitrogens with zero attached hydrogens (tertiary/aromatic N) is 5. The predicted molar refractivity (Wildman–Crippen MR) is 147 cm³/mol. The van der Waals surface area contributed by atoms with Gasteiger partial charge in [-0.1, -0.05) is 12.1 Å². The summed E-state index contributed by atoms with van der Waals surface area (Å²) in [5.74, 6) is -0.108. The summed E-state index contributed by atoms with van der Waals surface area (Å²) in [4.78, 5) is 24.1. The van der Waals surface area contributed by atoms with Gasteiger partial charge in [-0.15, -0.1) is 21.5 Å². The van der Waals surface area contributed by atoms with Crippen LogP contribution < -0.4 is 5.73 Å². The fourth-order valence-electron chi connectivity index (χ4n) is 4.97. The highest BCUT2D eigenvalue weighted by molar-refractivity contribution is 7.09. The van der Waals surface area contributed by atoms with Gasteiger partial charge in [0.25, 0.3) is 5.91 Å². The molecule has 41 heavy (non-hydrogen) atoms. The lowest BCUT2D eigenvalue weighted by Crippen LogP contribution is -2.35. The van der Waals surface area contributed by atoms with Crippen LogP contribution in [0, 0.1) is 12.7 Å². The third kappa shape index (κ3) is 5.52. The quantitative estimate of drug-likeness (QED) is 0.264. The number of oxazole rings is 1. The minimum atomic E-state index is -1.16. The minimum Gasteiger partial charge on any atom is -0.445 e. The standard InChI is InChI=1S/C29H26F2N6O3S/c1-16-15-41-26(34-16)23-12-22(31)14-37(23)27(38)20-10-18(24-33-7-8-39-24)9-19(11-20)25-35-36-28(40-25)29(2,32)13-17-3-5-21(30)6-4-17/h3-11,15,22-23H,12-14,32H2,1-2H3/t22-,23+,29-/m0/s1. The SMILES string of the molecule is Cc1csc([C@H]2C[C@H](F)CN2C(=O)c2cc(-c3ncco3)cc(-c3nnc([C@@](C)(N)Cc4ccc(F)cc4)o3)c2)n1. The number of carbonyl (C=O) groups excluding carboxylic acids is 1. The molecule has 3 atom stereocenters. The molecule has 2 aromatic carbocycles. The van der Waals surface area contributed by atoms with Gasteiger partial charge in [0.05, 0.1) is 24.3 Å². The lowest BCUT2D eigenvalue weighted by atomic mass is 9.94. The Labute approximate surface area is 238 Å².